The quantitative estimate of drug-likeness (QED) is 0.549. The van der Waals surface area contributed by atoms with E-state index in [9.17, 15) is 18.0 Å². The van der Waals surface area contributed by atoms with Crippen molar-refractivity contribution in [1.29, 1.82) is 0 Å². The van der Waals surface area contributed by atoms with Crippen LogP contribution in [0.3, 0.4) is 0 Å². The van der Waals surface area contributed by atoms with Gasteiger partial charge in [0.2, 0.25) is 5.91 Å². The minimum Gasteiger partial charge on any atom is -0.405 e. The lowest BCUT2D eigenvalue weighted by atomic mass is 10.1. The lowest BCUT2D eigenvalue weighted by Gasteiger charge is -2.19. The first kappa shape index (κ1) is 20.9. The number of amides is 1. The number of aryl methyl sites for hydroxylation is 1. The van der Waals surface area contributed by atoms with Crippen molar-refractivity contribution < 1.29 is 22.7 Å². The monoisotopic (exact) mass is 420 g/mol. The van der Waals surface area contributed by atoms with Gasteiger partial charge in [0.15, 0.2) is 0 Å². The second-order valence-corrected chi connectivity index (χ2v) is 7.45. The van der Waals surface area contributed by atoms with Crippen LogP contribution < -0.4 is 4.74 Å². The van der Waals surface area contributed by atoms with Crippen LogP contribution in [0.5, 0.6) is 5.75 Å². The van der Waals surface area contributed by atoms with Crippen LogP contribution in [0.15, 0.2) is 53.9 Å². The first-order chi connectivity index (χ1) is 13.7. The third-order valence-electron chi connectivity index (χ3n) is 4.21. The number of likely N-dealkylation sites (N-methyl/N-ethyl adjacent to an activating group) is 1. The van der Waals surface area contributed by atoms with Gasteiger partial charge in [-0.05, 0) is 13.0 Å². The smallest absolute Gasteiger partial charge is 0.405 e. The highest BCUT2D eigenvalue weighted by Crippen LogP contribution is 2.27. The van der Waals surface area contributed by atoms with Gasteiger partial charge >= 0.3 is 6.36 Å². The van der Waals surface area contributed by atoms with Gasteiger partial charge < -0.3 is 9.64 Å². The normalized spacial score (nSPS) is 11.3. The minimum absolute atomic E-state index is 0.0000427. The summed E-state index contributed by atoms with van der Waals surface area (Å²) in [4.78, 5) is 18.4. The number of para-hydroxylation sites is 1. The summed E-state index contributed by atoms with van der Waals surface area (Å²) in [5.74, 6) is -0.553. The number of hydrogen-bond acceptors (Lipinski definition) is 4. The van der Waals surface area contributed by atoms with Gasteiger partial charge in [-0.15, -0.1) is 24.5 Å². The molecule has 1 amide bonds. The van der Waals surface area contributed by atoms with E-state index >= 15 is 0 Å². The maximum Gasteiger partial charge on any atom is 0.573 e. The molecule has 0 N–H and O–H groups in total. The molecule has 4 nitrogen and oxygen atoms in total. The molecule has 0 atom stereocenters. The van der Waals surface area contributed by atoms with Crippen molar-refractivity contribution in [2.45, 2.75) is 26.3 Å². The van der Waals surface area contributed by atoms with E-state index in [2.05, 4.69) is 9.72 Å². The van der Waals surface area contributed by atoms with Gasteiger partial charge in [-0.2, -0.15) is 0 Å². The molecular weight excluding hydrogens is 401 g/mol. The summed E-state index contributed by atoms with van der Waals surface area (Å²) in [6.07, 6.45) is -4.72. The van der Waals surface area contributed by atoms with Crippen molar-refractivity contribution in [2.75, 3.05) is 7.05 Å². The third-order valence-corrected chi connectivity index (χ3v) is 5.15. The second kappa shape index (κ2) is 8.65. The Kier molecular flexibility index (Phi) is 6.22. The van der Waals surface area contributed by atoms with Crippen molar-refractivity contribution in [2.24, 2.45) is 0 Å². The topological polar surface area (TPSA) is 42.4 Å². The summed E-state index contributed by atoms with van der Waals surface area (Å²) in [6, 6.07) is 13.7. The van der Waals surface area contributed by atoms with E-state index in [1.54, 1.807) is 13.1 Å². The summed E-state index contributed by atoms with van der Waals surface area (Å²) in [6.45, 7) is 2.00. The molecule has 0 spiro atoms. The Labute approximate surface area is 170 Å². The largest absolute Gasteiger partial charge is 0.573 e. The summed E-state index contributed by atoms with van der Waals surface area (Å²) in [5, 5.41) is 2.64. The maximum absolute atomic E-state index is 12.6. The fourth-order valence-corrected chi connectivity index (χ4v) is 3.54. The zero-order valence-corrected chi connectivity index (χ0v) is 16.7. The van der Waals surface area contributed by atoms with E-state index in [-0.39, 0.29) is 30.2 Å². The Bertz CT molecular complexity index is 984. The van der Waals surface area contributed by atoms with Crippen molar-refractivity contribution in [3.8, 4) is 16.3 Å². The van der Waals surface area contributed by atoms with E-state index in [1.807, 2.05) is 36.6 Å². The summed E-state index contributed by atoms with van der Waals surface area (Å²) >= 11 is 1.45. The molecule has 0 saturated heterocycles. The van der Waals surface area contributed by atoms with Gasteiger partial charge in [0.05, 0.1) is 12.1 Å². The van der Waals surface area contributed by atoms with Crippen LogP contribution in [0.1, 0.15) is 16.8 Å². The number of alkyl halides is 3. The van der Waals surface area contributed by atoms with Gasteiger partial charge in [-0.3, -0.25) is 4.79 Å². The fraction of sp³-hybridized carbons (Fsp3) is 0.238. The van der Waals surface area contributed by atoms with Gasteiger partial charge in [0.25, 0.3) is 0 Å². The number of rotatable bonds is 6. The van der Waals surface area contributed by atoms with Crippen molar-refractivity contribution in [3.63, 3.8) is 0 Å². The van der Waals surface area contributed by atoms with Crippen LogP contribution in [0.2, 0.25) is 0 Å². The number of ether oxygens (including phenoxy) is 1. The van der Waals surface area contributed by atoms with Crippen LogP contribution >= 0.6 is 11.3 Å². The molecule has 2 aromatic carbocycles. The van der Waals surface area contributed by atoms with Crippen LogP contribution in [-0.4, -0.2) is 29.2 Å². The number of carbonyl (C=O) groups is 1. The van der Waals surface area contributed by atoms with Crippen LogP contribution in [0.25, 0.3) is 10.6 Å². The maximum atomic E-state index is 12.6. The Morgan fingerprint density at radius 2 is 1.83 bits per heavy atom. The fourth-order valence-electron chi connectivity index (χ4n) is 2.71. The summed E-state index contributed by atoms with van der Waals surface area (Å²) in [7, 11) is 1.54. The Balaban J connectivity index is 1.65. The molecule has 1 aromatic heterocycles. The Morgan fingerprint density at radius 3 is 2.52 bits per heavy atom. The third kappa shape index (κ3) is 5.80. The molecule has 3 aromatic rings. The molecule has 0 aliphatic rings. The molecular formula is C21H19F3N2O2S. The van der Waals surface area contributed by atoms with Gasteiger partial charge in [-0.1, -0.05) is 48.0 Å². The second-order valence-electron chi connectivity index (χ2n) is 6.59. The zero-order valence-electron chi connectivity index (χ0n) is 15.9. The molecule has 0 radical (unpaired) electrons. The molecule has 0 fully saturated rings. The number of benzene rings is 2. The predicted octanol–water partition coefficient (Wildman–Crippen LogP) is 5.22. The predicted molar refractivity (Wildman–Crippen MR) is 106 cm³/mol. The summed E-state index contributed by atoms with van der Waals surface area (Å²) < 4.78 is 41.7. The van der Waals surface area contributed by atoms with E-state index in [4.69, 9.17) is 0 Å². The minimum atomic E-state index is -4.79. The van der Waals surface area contributed by atoms with E-state index in [0.29, 0.717) is 5.69 Å². The first-order valence-corrected chi connectivity index (χ1v) is 9.68. The average molecular weight is 420 g/mol. The SMILES string of the molecule is Cc1ccc(-c2nc(CC(=O)N(C)Cc3ccccc3OC(F)(F)F)cs2)cc1. The van der Waals surface area contributed by atoms with E-state index < -0.39 is 6.36 Å². The first-order valence-electron chi connectivity index (χ1n) is 8.80. The van der Waals surface area contributed by atoms with Crippen LogP contribution in [-0.2, 0) is 17.8 Å². The molecule has 0 unspecified atom stereocenters. The lowest BCUT2D eigenvalue weighted by Crippen LogP contribution is -2.28. The van der Waals surface area contributed by atoms with Crippen molar-refractivity contribution in [1.82, 2.24) is 9.88 Å². The number of nitrogens with zero attached hydrogens (tertiary/aromatic N) is 2. The van der Waals surface area contributed by atoms with E-state index in [0.717, 1.165) is 16.1 Å². The molecule has 0 aliphatic heterocycles. The van der Waals surface area contributed by atoms with Crippen molar-refractivity contribution in [3.05, 3.63) is 70.7 Å². The number of halogens is 3. The van der Waals surface area contributed by atoms with E-state index in [1.165, 1.54) is 34.4 Å². The van der Waals surface area contributed by atoms with Crippen LogP contribution in [0, 0.1) is 6.92 Å². The molecule has 1 heterocycles. The van der Waals surface area contributed by atoms with Crippen molar-refractivity contribution >= 4 is 17.2 Å². The Morgan fingerprint density at radius 1 is 1.14 bits per heavy atom. The molecule has 152 valence electrons. The number of aromatic nitrogens is 1. The highest BCUT2D eigenvalue weighted by atomic mass is 32.1. The molecule has 8 heteroatoms. The number of thiazole rings is 1. The number of carbonyl (C=O) groups excluding carboxylic acids is 1. The molecule has 0 bridgehead atoms. The van der Waals surface area contributed by atoms with Crippen LogP contribution in [0.4, 0.5) is 13.2 Å². The Hall–Kier alpha value is -2.87. The van der Waals surface area contributed by atoms with Gasteiger partial charge in [0, 0.05) is 30.1 Å². The molecule has 3 rings (SSSR count). The standard InChI is InChI=1S/C21H19F3N2O2S/c1-14-7-9-15(10-8-14)20-25-17(13-29-20)11-19(27)26(2)12-16-5-3-4-6-18(16)28-21(22,23)24/h3-10,13H,11-12H2,1-2H3. The molecule has 29 heavy (non-hydrogen) atoms. The lowest BCUT2D eigenvalue weighted by molar-refractivity contribution is -0.275. The zero-order chi connectivity index (χ0) is 21.0. The number of hydrogen-bond donors (Lipinski definition) is 0. The average Bonchev–Trinajstić information content (AvgIpc) is 3.11. The highest BCUT2D eigenvalue weighted by molar-refractivity contribution is 7.13. The highest BCUT2D eigenvalue weighted by Gasteiger charge is 2.32. The summed E-state index contributed by atoms with van der Waals surface area (Å²) in [5.41, 5.74) is 3.03. The van der Waals surface area contributed by atoms with Gasteiger partial charge in [0.1, 0.15) is 10.8 Å². The molecule has 0 saturated carbocycles. The van der Waals surface area contributed by atoms with Gasteiger partial charge in [-0.25, -0.2) is 4.98 Å². The molecule has 0 aliphatic carbocycles.